The van der Waals surface area contributed by atoms with Crippen LogP contribution < -0.4 is 0 Å². The third-order valence-electron chi connectivity index (χ3n) is 3.32. The van der Waals surface area contributed by atoms with E-state index in [9.17, 15) is 13.2 Å². The second-order valence-corrected chi connectivity index (χ2v) is 7.66. The monoisotopic (exact) mass is 261 g/mol. The number of carbonyl (C=O) groups excluding carboxylic acids is 1. The number of carbonyl (C=O) groups is 1. The summed E-state index contributed by atoms with van der Waals surface area (Å²) in [4.78, 5) is 14.0. The molecule has 1 fully saturated rings. The summed E-state index contributed by atoms with van der Waals surface area (Å²) in [5, 5.41) is 0. The van der Waals surface area contributed by atoms with E-state index in [4.69, 9.17) is 0 Å². The van der Waals surface area contributed by atoms with Crippen molar-refractivity contribution in [3.63, 3.8) is 0 Å². The largest absolute Gasteiger partial charge is 0.337 e. The molecular formula is C12H23NO3S. The predicted molar refractivity (Wildman–Crippen MR) is 68.5 cm³/mol. The Morgan fingerprint density at radius 1 is 1.29 bits per heavy atom. The Balaban J connectivity index is 2.61. The van der Waals surface area contributed by atoms with Gasteiger partial charge in [0.1, 0.15) is 9.84 Å². The van der Waals surface area contributed by atoms with Gasteiger partial charge in [0.25, 0.3) is 0 Å². The molecule has 1 rings (SSSR count). The lowest BCUT2D eigenvalue weighted by Crippen LogP contribution is -2.43. The maximum atomic E-state index is 12.1. The van der Waals surface area contributed by atoms with Crippen LogP contribution in [0.5, 0.6) is 0 Å². The lowest BCUT2D eigenvalue weighted by Gasteiger charge is -2.32. The summed E-state index contributed by atoms with van der Waals surface area (Å²) in [7, 11) is -3.05. The van der Waals surface area contributed by atoms with Gasteiger partial charge in [0.2, 0.25) is 5.91 Å². The van der Waals surface area contributed by atoms with Crippen molar-refractivity contribution in [1.29, 1.82) is 0 Å². The Hall–Kier alpha value is -0.580. The van der Waals surface area contributed by atoms with Crippen molar-refractivity contribution >= 4 is 15.7 Å². The molecule has 0 N–H and O–H groups in total. The zero-order valence-electron chi connectivity index (χ0n) is 11.1. The van der Waals surface area contributed by atoms with Gasteiger partial charge >= 0.3 is 0 Å². The van der Waals surface area contributed by atoms with Crippen LogP contribution >= 0.6 is 0 Å². The van der Waals surface area contributed by atoms with Crippen LogP contribution in [0.15, 0.2) is 0 Å². The Morgan fingerprint density at radius 3 is 2.18 bits per heavy atom. The average molecular weight is 261 g/mol. The minimum Gasteiger partial charge on any atom is -0.337 e. The first-order chi connectivity index (χ1) is 7.72. The zero-order valence-corrected chi connectivity index (χ0v) is 12.0. The van der Waals surface area contributed by atoms with Crippen molar-refractivity contribution in [1.82, 2.24) is 4.90 Å². The first-order valence-corrected chi connectivity index (χ1v) is 8.27. The number of nitrogens with zero attached hydrogens (tertiary/aromatic N) is 1. The van der Waals surface area contributed by atoms with Crippen LogP contribution in [-0.4, -0.2) is 43.3 Å². The van der Waals surface area contributed by atoms with Crippen LogP contribution in [0.1, 0.15) is 40.0 Å². The second kappa shape index (κ2) is 5.38. The van der Waals surface area contributed by atoms with Gasteiger partial charge in [-0.2, -0.15) is 0 Å². The Labute approximate surface area is 104 Å². The maximum Gasteiger partial charge on any atom is 0.224 e. The van der Waals surface area contributed by atoms with E-state index in [1.165, 1.54) is 6.26 Å². The number of sulfone groups is 1. The molecule has 1 saturated carbocycles. The van der Waals surface area contributed by atoms with Crippen LogP contribution in [0.4, 0.5) is 0 Å². The van der Waals surface area contributed by atoms with E-state index < -0.39 is 9.84 Å². The summed E-state index contributed by atoms with van der Waals surface area (Å²) < 4.78 is 22.2. The molecular weight excluding hydrogens is 238 g/mol. The quantitative estimate of drug-likeness (QED) is 0.727. The van der Waals surface area contributed by atoms with Gasteiger partial charge in [-0.25, -0.2) is 8.42 Å². The third-order valence-corrected chi connectivity index (χ3v) is 4.26. The molecule has 0 aliphatic heterocycles. The van der Waals surface area contributed by atoms with E-state index >= 15 is 0 Å². The molecule has 17 heavy (non-hydrogen) atoms. The minimum atomic E-state index is -3.05. The first kappa shape index (κ1) is 14.5. The van der Waals surface area contributed by atoms with Crippen molar-refractivity contribution in [2.75, 3.05) is 12.0 Å². The lowest BCUT2D eigenvalue weighted by molar-refractivity contribution is -0.134. The second-order valence-electron chi connectivity index (χ2n) is 5.40. The van der Waals surface area contributed by atoms with Gasteiger partial charge in [-0.1, -0.05) is 13.8 Å². The van der Waals surface area contributed by atoms with Crippen molar-refractivity contribution in [3.8, 4) is 0 Å². The minimum absolute atomic E-state index is 0.0147. The summed E-state index contributed by atoms with van der Waals surface area (Å²) in [6.07, 6.45) is 3.41. The molecule has 5 heteroatoms. The highest BCUT2D eigenvalue weighted by atomic mass is 32.2. The smallest absolute Gasteiger partial charge is 0.224 e. The van der Waals surface area contributed by atoms with Crippen LogP contribution in [-0.2, 0) is 14.6 Å². The van der Waals surface area contributed by atoms with Crippen LogP contribution in [0, 0.1) is 5.92 Å². The van der Waals surface area contributed by atoms with Crippen molar-refractivity contribution in [3.05, 3.63) is 0 Å². The Bertz CT molecular complexity index is 371. The molecule has 1 atom stereocenters. The van der Waals surface area contributed by atoms with E-state index in [0.717, 1.165) is 12.8 Å². The molecule has 1 aliphatic rings. The normalized spacial score (nSPS) is 18.2. The van der Waals surface area contributed by atoms with Gasteiger partial charge in [-0.3, -0.25) is 4.79 Å². The molecule has 1 unspecified atom stereocenters. The first-order valence-electron chi connectivity index (χ1n) is 6.21. The van der Waals surface area contributed by atoms with Gasteiger partial charge < -0.3 is 4.90 Å². The Morgan fingerprint density at radius 2 is 1.82 bits per heavy atom. The van der Waals surface area contributed by atoms with Gasteiger partial charge in [0.05, 0.1) is 5.75 Å². The van der Waals surface area contributed by atoms with Gasteiger partial charge in [0, 0.05) is 24.8 Å². The molecule has 0 saturated heterocycles. The van der Waals surface area contributed by atoms with Crippen molar-refractivity contribution in [2.24, 2.45) is 5.92 Å². The number of hydrogen-bond acceptors (Lipinski definition) is 3. The lowest BCUT2D eigenvalue weighted by atomic mass is 10.0. The highest BCUT2D eigenvalue weighted by Gasteiger charge is 2.36. The summed E-state index contributed by atoms with van der Waals surface area (Å²) in [5.74, 6) is 0.344. The molecule has 0 spiro atoms. The van der Waals surface area contributed by atoms with Gasteiger partial charge in [0.15, 0.2) is 0 Å². The fourth-order valence-corrected chi connectivity index (χ4v) is 2.38. The summed E-state index contributed by atoms with van der Waals surface area (Å²) in [6, 6.07) is 0.536. The van der Waals surface area contributed by atoms with E-state index in [2.05, 4.69) is 13.8 Å². The molecule has 0 aromatic carbocycles. The standard InChI is InChI=1S/C12H23NO3S/c1-9(2)10(3)13(11-5-6-11)12(14)7-8-17(4,15)16/h9-11H,5-8H2,1-4H3. The fourth-order valence-electron chi connectivity index (χ4n) is 1.84. The molecule has 0 aromatic rings. The number of amides is 1. The molecule has 4 nitrogen and oxygen atoms in total. The van der Waals surface area contributed by atoms with Crippen LogP contribution in [0.2, 0.25) is 0 Å². The van der Waals surface area contributed by atoms with E-state index in [-0.39, 0.29) is 24.1 Å². The average Bonchev–Trinajstić information content (AvgIpc) is 2.97. The fraction of sp³-hybridized carbons (Fsp3) is 0.917. The van der Waals surface area contributed by atoms with Crippen LogP contribution in [0.3, 0.4) is 0 Å². The molecule has 0 bridgehead atoms. The third kappa shape index (κ3) is 4.66. The topological polar surface area (TPSA) is 54.5 Å². The number of rotatable bonds is 6. The molecule has 1 aliphatic carbocycles. The zero-order chi connectivity index (χ0) is 13.2. The maximum absolute atomic E-state index is 12.1. The molecule has 100 valence electrons. The summed E-state index contributed by atoms with van der Waals surface area (Å²) in [5.41, 5.74) is 0. The summed E-state index contributed by atoms with van der Waals surface area (Å²) >= 11 is 0. The van der Waals surface area contributed by atoms with Gasteiger partial charge in [-0.05, 0) is 25.7 Å². The SMILES string of the molecule is CC(C)C(C)N(C(=O)CCS(C)(=O)=O)C1CC1. The van der Waals surface area contributed by atoms with E-state index in [0.29, 0.717) is 12.0 Å². The highest BCUT2D eigenvalue weighted by molar-refractivity contribution is 7.90. The summed E-state index contributed by atoms with van der Waals surface area (Å²) in [6.45, 7) is 6.22. The molecule has 0 heterocycles. The molecule has 0 radical (unpaired) electrons. The van der Waals surface area contributed by atoms with Gasteiger partial charge in [-0.15, -0.1) is 0 Å². The molecule has 1 amide bonds. The molecule has 0 aromatic heterocycles. The number of hydrogen-bond donors (Lipinski definition) is 0. The van der Waals surface area contributed by atoms with Crippen molar-refractivity contribution < 1.29 is 13.2 Å². The van der Waals surface area contributed by atoms with E-state index in [1.807, 2.05) is 11.8 Å². The van der Waals surface area contributed by atoms with E-state index in [1.54, 1.807) is 0 Å². The predicted octanol–water partition coefficient (Wildman–Crippen LogP) is 1.46. The van der Waals surface area contributed by atoms with Crippen LogP contribution in [0.25, 0.3) is 0 Å². The Kier molecular flexibility index (Phi) is 4.58. The van der Waals surface area contributed by atoms with Crippen molar-refractivity contribution in [2.45, 2.75) is 52.1 Å². The highest BCUT2D eigenvalue weighted by Crippen LogP contribution is 2.31.